The highest BCUT2D eigenvalue weighted by Gasteiger charge is 2.15. The summed E-state index contributed by atoms with van der Waals surface area (Å²) in [4.78, 5) is 19.5. The maximum Gasteiger partial charge on any atom is 0.271 e. The van der Waals surface area contributed by atoms with Gasteiger partial charge < -0.3 is 5.32 Å². The van der Waals surface area contributed by atoms with E-state index in [-0.39, 0.29) is 10.6 Å². The minimum absolute atomic E-state index is 0.0576. The SMILES string of the molecule is O=C(Nn1ccc2ncc(-n3ccc(CN4CCNCC4)n3)cc21)c1cc(F)ccc1Cl. The molecule has 1 aliphatic rings. The maximum atomic E-state index is 13.6. The van der Waals surface area contributed by atoms with E-state index in [2.05, 4.69) is 25.7 Å². The summed E-state index contributed by atoms with van der Waals surface area (Å²) in [6.07, 6.45) is 5.32. The molecule has 2 N–H and O–H groups in total. The number of hydrogen-bond donors (Lipinski definition) is 2. The number of nitrogens with one attached hydrogen (secondary N) is 2. The van der Waals surface area contributed by atoms with Gasteiger partial charge in [-0.3, -0.25) is 24.8 Å². The zero-order valence-electron chi connectivity index (χ0n) is 17.1. The first-order chi connectivity index (χ1) is 15.6. The highest BCUT2D eigenvalue weighted by atomic mass is 35.5. The van der Waals surface area contributed by atoms with Gasteiger partial charge >= 0.3 is 0 Å². The summed E-state index contributed by atoms with van der Waals surface area (Å²) in [5, 5.41) is 8.21. The van der Waals surface area contributed by atoms with Crippen LogP contribution in [-0.2, 0) is 6.54 Å². The van der Waals surface area contributed by atoms with Gasteiger partial charge in [0.2, 0.25) is 0 Å². The lowest BCUT2D eigenvalue weighted by Gasteiger charge is -2.26. The molecule has 5 rings (SSSR count). The van der Waals surface area contributed by atoms with Crippen LogP contribution in [0.15, 0.2) is 55.0 Å². The highest BCUT2D eigenvalue weighted by molar-refractivity contribution is 6.34. The molecule has 0 aliphatic carbocycles. The quantitative estimate of drug-likeness (QED) is 0.485. The average molecular weight is 454 g/mol. The van der Waals surface area contributed by atoms with Gasteiger partial charge in [0.1, 0.15) is 5.82 Å². The molecule has 32 heavy (non-hydrogen) atoms. The molecule has 1 aromatic carbocycles. The Hall–Kier alpha value is -3.27. The smallest absolute Gasteiger partial charge is 0.271 e. The van der Waals surface area contributed by atoms with Crippen LogP contribution in [-0.4, -0.2) is 56.4 Å². The molecule has 10 heteroatoms. The topological polar surface area (TPSA) is 80.0 Å². The summed E-state index contributed by atoms with van der Waals surface area (Å²) >= 11 is 6.06. The molecule has 4 heterocycles. The zero-order valence-corrected chi connectivity index (χ0v) is 17.9. The van der Waals surface area contributed by atoms with Crippen molar-refractivity contribution in [1.29, 1.82) is 0 Å². The van der Waals surface area contributed by atoms with E-state index >= 15 is 0 Å². The largest absolute Gasteiger partial charge is 0.314 e. The molecule has 1 fully saturated rings. The fraction of sp³-hybridized carbons (Fsp3) is 0.227. The molecule has 4 aromatic rings. The summed E-state index contributed by atoms with van der Waals surface area (Å²) in [5.74, 6) is -1.05. The molecule has 164 valence electrons. The normalized spacial score (nSPS) is 14.7. The third-order valence-corrected chi connectivity index (χ3v) is 5.75. The maximum absolute atomic E-state index is 13.6. The first kappa shape index (κ1) is 20.6. The predicted molar refractivity (Wildman–Crippen MR) is 120 cm³/mol. The van der Waals surface area contributed by atoms with Gasteiger partial charge in [0, 0.05) is 45.1 Å². The second-order valence-electron chi connectivity index (χ2n) is 7.63. The van der Waals surface area contributed by atoms with Crippen LogP contribution in [0.2, 0.25) is 5.02 Å². The summed E-state index contributed by atoms with van der Waals surface area (Å²) in [5.41, 5.74) is 5.92. The van der Waals surface area contributed by atoms with Gasteiger partial charge in [-0.25, -0.2) is 9.07 Å². The average Bonchev–Trinajstić information content (AvgIpc) is 3.43. The number of rotatable bonds is 5. The van der Waals surface area contributed by atoms with Crippen molar-refractivity contribution >= 4 is 28.5 Å². The van der Waals surface area contributed by atoms with Crippen LogP contribution in [0.3, 0.4) is 0 Å². The van der Waals surface area contributed by atoms with E-state index in [0.29, 0.717) is 11.0 Å². The number of piperazine rings is 1. The first-order valence-electron chi connectivity index (χ1n) is 10.3. The number of fused-ring (bicyclic) bond motifs is 1. The van der Waals surface area contributed by atoms with Crippen molar-refractivity contribution in [3.05, 3.63) is 77.1 Å². The highest BCUT2D eigenvalue weighted by Crippen LogP contribution is 2.20. The van der Waals surface area contributed by atoms with E-state index in [1.807, 2.05) is 18.3 Å². The minimum Gasteiger partial charge on any atom is -0.314 e. The summed E-state index contributed by atoms with van der Waals surface area (Å²) in [7, 11) is 0. The molecule has 3 aromatic heterocycles. The number of amides is 1. The summed E-state index contributed by atoms with van der Waals surface area (Å²) < 4.78 is 16.9. The molecule has 0 radical (unpaired) electrons. The Morgan fingerprint density at radius 3 is 2.84 bits per heavy atom. The molecule has 1 amide bonds. The van der Waals surface area contributed by atoms with E-state index in [0.717, 1.165) is 50.2 Å². The van der Waals surface area contributed by atoms with Crippen molar-refractivity contribution in [2.24, 2.45) is 0 Å². The van der Waals surface area contributed by atoms with Gasteiger partial charge in [0.25, 0.3) is 5.91 Å². The van der Waals surface area contributed by atoms with Crippen molar-refractivity contribution < 1.29 is 9.18 Å². The molecule has 1 saturated heterocycles. The van der Waals surface area contributed by atoms with Crippen molar-refractivity contribution in [2.45, 2.75) is 6.54 Å². The Labute approximate surface area is 188 Å². The van der Waals surface area contributed by atoms with Gasteiger partial charge in [-0.2, -0.15) is 5.10 Å². The minimum atomic E-state index is -0.531. The number of pyridine rings is 1. The Kier molecular flexibility index (Phi) is 5.60. The van der Waals surface area contributed by atoms with Crippen molar-refractivity contribution in [1.82, 2.24) is 29.7 Å². The predicted octanol–water partition coefficient (Wildman–Crippen LogP) is 2.80. The number of aromatic nitrogens is 4. The van der Waals surface area contributed by atoms with E-state index in [1.165, 1.54) is 12.1 Å². The number of hydrogen-bond acceptors (Lipinski definition) is 5. The van der Waals surface area contributed by atoms with Gasteiger partial charge in [-0.05, 0) is 36.4 Å². The van der Waals surface area contributed by atoms with Crippen LogP contribution in [0.1, 0.15) is 16.1 Å². The van der Waals surface area contributed by atoms with Crippen molar-refractivity contribution in [3.8, 4) is 5.69 Å². The van der Waals surface area contributed by atoms with Gasteiger partial charge in [-0.15, -0.1) is 0 Å². The molecule has 8 nitrogen and oxygen atoms in total. The monoisotopic (exact) mass is 453 g/mol. The number of nitrogens with zero attached hydrogens (tertiary/aromatic N) is 5. The van der Waals surface area contributed by atoms with E-state index in [4.69, 9.17) is 11.6 Å². The molecule has 0 unspecified atom stereocenters. The number of benzene rings is 1. The van der Waals surface area contributed by atoms with Crippen molar-refractivity contribution in [3.63, 3.8) is 0 Å². The lowest BCUT2D eigenvalue weighted by Crippen LogP contribution is -2.42. The van der Waals surface area contributed by atoms with E-state index in [1.54, 1.807) is 27.8 Å². The molecule has 0 bridgehead atoms. The van der Waals surface area contributed by atoms with Crippen LogP contribution in [0, 0.1) is 5.82 Å². The van der Waals surface area contributed by atoms with E-state index in [9.17, 15) is 9.18 Å². The fourth-order valence-electron chi connectivity index (χ4n) is 3.75. The Bertz CT molecular complexity index is 1280. The Morgan fingerprint density at radius 2 is 2.00 bits per heavy atom. The molecule has 0 saturated carbocycles. The molecular weight excluding hydrogens is 433 g/mol. The van der Waals surface area contributed by atoms with Gasteiger partial charge in [0.05, 0.1) is 39.2 Å². The number of halogens is 2. The second-order valence-corrected chi connectivity index (χ2v) is 8.03. The van der Waals surface area contributed by atoms with Crippen LogP contribution in [0.25, 0.3) is 16.7 Å². The first-order valence-corrected chi connectivity index (χ1v) is 10.7. The standard InChI is InChI=1S/C22H21ClFN7O/c23-19-2-1-15(24)11-18(19)22(32)28-31-8-4-20-21(31)12-17(13-26-20)30-7-3-16(27-30)14-29-9-5-25-6-10-29/h1-4,7-8,11-13,25H,5-6,9-10,14H2,(H,28,32). The third kappa shape index (κ3) is 4.22. The molecule has 0 spiro atoms. The lowest BCUT2D eigenvalue weighted by atomic mass is 10.2. The van der Waals surface area contributed by atoms with Gasteiger partial charge in [0.15, 0.2) is 0 Å². The van der Waals surface area contributed by atoms with Crippen molar-refractivity contribution in [2.75, 3.05) is 31.6 Å². The zero-order chi connectivity index (χ0) is 22.1. The lowest BCUT2D eigenvalue weighted by molar-refractivity contribution is 0.101. The number of carbonyl (C=O) groups excluding carboxylic acids is 1. The molecule has 1 aliphatic heterocycles. The Morgan fingerprint density at radius 1 is 1.16 bits per heavy atom. The molecule has 0 atom stereocenters. The van der Waals surface area contributed by atoms with Crippen LogP contribution >= 0.6 is 11.6 Å². The van der Waals surface area contributed by atoms with Crippen LogP contribution in [0.5, 0.6) is 0 Å². The number of carbonyl (C=O) groups is 1. The summed E-state index contributed by atoms with van der Waals surface area (Å²) in [6, 6.07) is 9.34. The van der Waals surface area contributed by atoms with Crippen LogP contribution in [0.4, 0.5) is 4.39 Å². The third-order valence-electron chi connectivity index (χ3n) is 5.42. The van der Waals surface area contributed by atoms with Gasteiger partial charge in [-0.1, -0.05) is 11.6 Å². The van der Waals surface area contributed by atoms with E-state index < -0.39 is 11.7 Å². The second kappa shape index (κ2) is 8.70. The fourth-order valence-corrected chi connectivity index (χ4v) is 3.96. The van der Waals surface area contributed by atoms with Crippen LogP contribution < -0.4 is 10.7 Å². The molecular formula is C22H21ClFN7O. The Balaban J connectivity index is 1.38. The summed E-state index contributed by atoms with van der Waals surface area (Å²) in [6.45, 7) is 4.78.